The Hall–Kier alpha value is -2.46. The van der Waals surface area contributed by atoms with Crippen LogP contribution >= 0.6 is 12.4 Å². The van der Waals surface area contributed by atoms with E-state index in [0.717, 1.165) is 34.4 Å². The van der Waals surface area contributed by atoms with Crippen molar-refractivity contribution >= 4 is 35.0 Å². The molecule has 2 aromatic carbocycles. The molecule has 144 valence electrons. The molecule has 0 saturated carbocycles. The number of benzene rings is 2. The molecule has 5 heteroatoms. The standard InChI is InChI=1S/C22H26N2O2.ClH/c1-3-14-24(22(25)13-12-17-8-4-6-10-19(17)23)16(2)21-15-18-9-5-7-11-20(18)26-21;/h4-11,15-16H,3,12-14,23H2,1-2H3;1H. The number of carbonyl (C=O) groups is 1. The lowest BCUT2D eigenvalue weighted by atomic mass is 10.1. The third kappa shape index (κ3) is 4.83. The Morgan fingerprint density at radius 3 is 2.56 bits per heavy atom. The molecule has 1 unspecified atom stereocenters. The molecule has 0 saturated heterocycles. The van der Waals surface area contributed by atoms with Gasteiger partial charge in [0.15, 0.2) is 0 Å². The lowest BCUT2D eigenvalue weighted by molar-refractivity contribution is -0.133. The lowest BCUT2D eigenvalue weighted by Crippen LogP contribution is -2.34. The fraction of sp³-hybridized carbons (Fsp3) is 0.318. The Morgan fingerprint density at radius 1 is 1.15 bits per heavy atom. The van der Waals surface area contributed by atoms with Gasteiger partial charge in [0.1, 0.15) is 11.3 Å². The molecule has 27 heavy (non-hydrogen) atoms. The first-order valence-corrected chi connectivity index (χ1v) is 9.21. The van der Waals surface area contributed by atoms with Crippen molar-refractivity contribution in [1.29, 1.82) is 0 Å². The van der Waals surface area contributed by atoms with E-state index in [4.69, 9.17) is 10.2 Å². The second-order valence-corrected chi connectivity index (χ2v) is 6.65. The van der Waals surface area contributed by atoms with E-state index in [1.165, 1.54) is 0 Å². The summed E-state index contributed by atoms with van der Waals surface area (Å²) in [4.78, 5) is 14.8. The molecule has 2 N–H and O–H groups in total. The normalized spacial score (nSPS) is 11.8. The van der Waals surface area contributed by atoms with Crippen LogP contribution in [0.3, 0.4) is 0 Å². The number of hydrogen-bond donors (Lipinski definition) is 1. The summed E-state index contributed by atoms with van der Waals surface area (Å²) in [6.07, 6.45) is 2.00. The first kappa shape index (κ1) is 20.8. The molecule has 0 spiro atoms. The first-order chi connectivity index (χ1) is 12.6. The van der Waals surface area contributed by atoms with Gasteiger partial charge in [-0.05, 0) is 43.5 Å². The van der Waals surface area contributed by atoms with E-state index in [9.17, 15) is 4.79 Å². The SMILES string of the molecule is CCCN(C(=O)CCc1ccccc1N)C(C)c1cc2ccccc2o1.Cl. The number of fused-ring (bicyclic) bond motifs is 1. The fourth-order valence-corrected chi connectivity index (χ4v) is 3.28. The highest BCUT2D eigenvalue weighted by Gasteiger charge is 2.23. The first-order valence-electron chi connectivity index (χ1n) is 9.21. The predicted octanol–water partition coefficient (Wildman–Crippen LogP) is 5.37. The molecule has 0 bridgehead atoms. The number of halogens is 1. The highest BCUT2D eigenvalue weighted by Crippen LogP contribution is 2.28. The average Bonchev–Trinajstić information content (AvgIpc) is 3.09. The zero-order chi connectivity index (χ0) is 18.5. The number of hydrogen-bond acceptors (Lipinski definition) is 3. The van der Waals surface area contributed by atoms with Gasteiger partial charge in [-0.15, -0.1) is 12.4 Å². The summed E-state index contributed by atoms with van der Waals surface area (Å²) in [7, 11) is 0. The van der Waals surface area contributed by atoms with Crippen molar-refractivity contribution in [1.82, 2.24) is 4.90 Å². The van der Waals surface area contributed by atoms with Crippen molar-refractivity contribution in [3.8, 4) is 0 Å². The Morgan fingerprint density at radius 2 is 1.85 bits per heavy atom. The maximum absolute atomic E-state index is 12.9. The third-order valence-corrected chi connectivity index (χ3v) is 4.77. The highest BCUT2D eigenvalue weighted by molar-refractivity contribution is 5.85. The zero-order valence-corrected chi connectivity index (χ0v) is 16.7. The number of rotatable bonds is 7. The van der Waals surface area contributed by atoms with Crippen molar-refractivity contribution in [2.75, 3.05) is 12.3 Å². The highest BCUT2D eigenvalue weighted by atomic mass is 35.5. The minimum atomic E-state index is -0.0945. The topological polar surface area (TPSA) is 59.5 Å². The summed E-state index contributed by atoms with van der Waals surface area (Å²) in [5.74, 6) is 0.954. The molecule has 3 rings (SSSR count). The van der Waals surface area contributed by atoms with E-state index in [1.54, 1.807) is 0 Å². The monoisotopic (exact) mass is 386 g/mol. The number of anilines is 1. The van der Waals surface area contributed by atoms with Crippen molar-refractivity contribution in [2.24, 2.45) is 0 Å². The molecular formula is C22H27ClN2O2. The van der Waals surface area contributed by atoms with Gasteiger partial charge in [0, 0.05) is 24.0 Å². The van der Waals surface area contributed by atoms with Crippen molar-refractivity contribution < 1.29 is 9.21 Å². The number of para-hydroxylation sites is 2. The smallest absolute Gasteiger partial charge is 0.223 e. The summed E-state index contributed by atoms with van der Waals surface area (Å²) < 4.78 is 5.98. The molecule has 0 aliphatic heterocycles. The van der Waals surface area contributed by atoms with E-state index >= 15 is 0 Å². The van der Waals surface area contributed by atoms with Crippen LogP contribution in [0.2, 0.25) is 0 Å². The van der Waals surface area contributed by atoms with Crippen LogP contribution in [0.4, 0.5) is 5.69 Å². The number of amides is 1. The van der Waals surface area contributed by atoms with Gasteiger partial charge < -0.3 is 15.1 Å². The van der Waals surface area contributed by atoms with Gasteiger partial charge in [-0.2, -0.15) is 0 Å². The number of nitrogens with zero attached hydrogens (tertiary/aromatic N) is 1. The van der Waals surface area contributed by atoms with Crippen molar-refractivity contribution in [3.63, 3.8) is 0 Å². The van der Waals surface area contributed by atoms with E-state index in [1.807, 2.05) is 66.4 Å². The molecule has 0 fully saturated rings. The number of nitrogen functional groups attached to an aromatic ring is 1. The van der Waals surface area contributed by atoms with E-state index in [0.29, 0.717) is 19.4 Å². The molecule has 0 aliphatic carbocycles. The van der Waals surface area contributed by atoms with Gasteiger partial charge in [0.2, 0.25) is 5.91 Å². The summed E-state index contributed by atoms with van der Waals surface area (Å²) in [5, 5.41) is 1.07. The summed E-state index contributed by atoms with van der Waals surface area (Å²) in [5.41, 5.74) is 8.62. The van der Waals surface area contributed by atoms with Crippen LogP contribution in [0.15, 0.2) is 59.0 Å². The quantitative estimate of drug-likeness (QED) is 0.555. The third-order valence-electron chi connectivity index (χ3n) is 4.77. The van der Waals surface area contributed by atoms with Gasteiger partial charge in [0.25, 0.3) is 0 Å². The van der Waals surface area contributed by atoms with Crippen LogP contribution < -0.4 is 5.73 Å². The number of aryl methyl sites for hydroxylation is 1. The lowest BCUT2D eigenvalue weighted by Gasteiger charge is -2.28. The van der Waals surface area contributed by atoms with Gasteiger partial charge in [-0.1, -0.05) is 43.3 Å². The fourth-order valence-electron chi connectivity index (χ4n) is 3.28. The molecule has 4 nitrogen and oxygen atoms in total. The van der Waals surface area contributed by atoms with Crippen LogP contribution in [-0.2, 0) is 11.2 Å². The van der Waals surface area contributed by atoms with Crippen LogP contribution in [0.25, 0.3) is 11.0 Å². The number of carbonyl (C=O) groups excluding carboxylic acids is 1. The van der Waals surface area contributed by atoms with E-state index in [-0.39, 0.29) is 24.4 Å². The van der Waals surface area contributed by atoms with Gasteiger partial charge in [-0.3, -0.25) is 4.79 Å². The molecule has 0 radical (unpaired) electrons. The second kappa shape index (κ2) is 9.47. The maximum Gasteiger partial charge on any atom is 0.223 e. The Balaban J connectivity index is 0.00000261. The summed E-state index contributed by atoms with van der Waals surface area (Å²) >= 11 is 0. The largest absolute Gasteiger partial charge is 0.459 e. The Bertz CT molecular complexity index is 858. The Labute approximate surface area is 166 Å². The minimum Gasteiger partial charge on any atom is -0.459 e. The van der Waals surface area contributed by atoms with Gasteiger partial charge in [-0.25, -0.2) is 0 Å². The molecular weight excluding hydrogens is 360 g/mol. The maximum atomic E-state index is 12.9. The number of nitrogens with two attached hydrogens (primary N) is 1. The minimum absolute atomic E-state index is 0. The second-order valence-electron chi connectivity index (χ2n) is 6.65. The molecule has 1 heterocycles. The average molecular weight is 387 g/mol. The van der Waals surface area contributed by atoms with Gasteiger partial charge >= 0.3 is 0 Å². The van der Waals surface area contributed by atoms with Crippen molar-refractivity contribution in [3.05, 3.63) is 65.9 Å². The van der Waals surface area contributed by atoms with Crippen LogP contribution in [0.1, 0.15) is 44.1 Å². The molecule has 1 atom stereocenters. The van der Waals surface area contributed by atoms with Gasteiger partial charge in [0.05, 0.1) is 6.04 Å². The molecule has 1 aromatic heterocycles. The van der Waals surface area contributed by atoms with Crippen LogP contribution in [0, 0.1) is 0 Å². The van der Waals surface area contributed by atoms with Crippen LogP contribution in [0.5, 0.6) is 0 Å². The van der Waals surface area contributed by atoms with E-state index in [2.05, 4.69) is 6.92 Å². The van der Waals surface area contributed by atoms with Crippen LogP contribution in [-0.4, -0.2) is 17.4 Å². The molecule has 0 aliphatic rings. The zero-order valence-electron chi connectivity index (χ0n) is 15.9. The van der Waals surface area contributed by atoms with E-state index < -0.39 is 0 Å². The predicted molar refractivity (Wildman–Crippen MR) is 113 cm³/mol. The molecule has 3 aromatic rings. The number of furan rings is 1. The summed E-state index contributed by atoms with van der Waals surface area (Å²) in [6.45, 7) is 4.82. The molecule has 1 amide bonds. The summed E-state index contributed by atoms with van der Waals surface area (Å²) in [6, 6.07) is 17.6. The van der Waals surface area contributed by atoms with Crippen molar-refractivity contribution in [2.45, 2.75) is 39.2 Å². The Kier molecular flexibility index (Phi) is 7.31.